The lowest BCUT2D eigenvalue weighted by Crippen LogP contribution is -2.65. The van der Waals surface area contributed by atoms with Crippen LogP contribution < -0.4 is 9.91 Å². The van der Waals surface area contributed by atoms with Crippen molar-refractivity contribution < 1.29 is 9.53 Å². The Labute approximate surface area is 273 Å². The second-order valence-corrected chi connectivity index (χ2v) is 12.0. The molecule has 1 fully saturated rings. The van der Waals surface area contributed by atoms with Gasteiger partial charge in [0.2, 0.25) is 5.66 Å². The lowest BCUT2D eigenvalue weighted by molar-refractivity contribution is -0.144. The number of para-hydroxylation sites is 3. The Morgan fingerprint density at radius 2 is 1.33 bits per heavy atom. The van der Waals surface area contributed by atoms with Crippen LogP contribution in [0.15, 0.2) is 173 Å². The fraction of sp³-hybridized carbons (Fsp3) is 0.103. The summed E-state index contributed by atoms with van der Waals surface area (Å²) in [5, 5.41) is 8.07. The number of allylic oxidation sites excluding steroid dienone is 1. The smallest absolute Gasteiger partial charge is 0.318 e. The zero-order valence-corrected chi connectivity index (χ0v) is 26.1. The van der Waals surface area contributed by atoms with Gasteiger partial charge in [-0.2, -0.15) is 5.10 Å². The predicted octanol–water partition coefficient (Wildman–Crippen LogP) is 8.46. The van der Waals surface area contributed by atoms with Gasteiger partial charge in [0.05, 0.1) is 18.5 Å². The molecule has 5 aromatic rings. The van der Waals surface area contributed by atoms with Gasteiger partial charge in [0.15, 0.2) is 5.84 Å². The Morgan fingerprint density at radius 3 is 1.93 bits per heavy atom. The minimum Gasteiger partial charge on any atom is -0.468 e. The van der Waals surface area contributed by atoms with Crippen LogP contribution in [0.3, 0.4) is 0 Å². The molecule has 2 aliphatic rings. The fourth-order valence-corrected chi connectivity index (χ4v) is 7.45. The van der Waals surface area contributed by atoms with Gasteiger partial charge in [0.1, 0.15) is 11.0 Å². The van der Waals surface area contributed by atoms with Crippen LogP contribution in [0.5, 0.6) is 0 Å². The first-order valence-electron chi connectivity index (χ1n) is 15.2. The van der Waals surface area contributed by atoms with Gasteiger partial charge in [-0.25, -0.2) is 10.0 Å². The van der Waals surface area contributed by atoms with Crippen molar-refractivity contribution in [3.05, 3.63) is 174 Å². The summed E-state index contributed by atoms with van der Waals surface area (Å²) in [6.45, 7) is 0. The number of benzene rings is 5. The number of thioether (sulfide) groups is 1. The molecule has 0 unspecified atom stereocenters. The zero-order valence-electron chi connectivity index (χ0n) is 25.3. The Hall–Kier alpha value is -5.40. The Morgan fingerprint density at radius 1 is 0.783 bits per heavy atom. The molecule has 2 heterocycles. The number of anilines is 2. The minimum absolute atomic E-state index is 0.364. The lowest BCUT2D eigenvalue weighted by Gasteiger charge is -2.44. The van der Waals surface area contributed by atoms with Gasteiger partial charge in [-0.1, -0.05) is 133 Å². The molecule has 2 aliphatic heterocycles. The Balaban J connectivity index is 1.55. The molecule has 0 N–H and O–H groups in total. The SMILES string of the molecule is COC(=O)[C@@H]1/C(=C\Cc2ccccc2)SC(=Nc2ccccc2)[C@]12N(c1ccccc1)N=C(c1ccccc1)N2c1ccccc1. The van der Waals surface area contributed by atoms with Crippen LogP contribution in [0.4, 0.5) is 17.1 Å². The van der Waals surface area contributed by atoms with E-state index in [-0.39, 0.29) is 5.97 Å². The molecule has 6 nitrogen and oxygen atoms in total. The summed E-state index contributed by atoms with van der Waals surface area (Å²) in [6.07, 6.45) is 2.79. The molecule has 46 heavy (non-hydrogen) atoms. The highest BCUT2D eigenvalue weighted by atomic mass is 32.2. The average molecular weight is 621 g/mol. The van der Waals surface area contributed by atoms with Crippen LogP contribution in [0.2, 0.25) is 0 Å². The Kier molecular flexibility index (Phi) is 8.23. The topological polar surface area (TPSA) is 57.5 Å². The molecule has 0 bridgehead atoms. The first kappa shape index (κ1) is 29.3. The summed E-state index contributed by atoms with van der Waals surface area (Å²) in [5.41, 5.74) is 3.32. The highest BCUT2D eigenvalue weighted by molar-refractivity contribution is 8.18. The molecule has 2 atom stereocenters. The third-order valence-corrected chi connectivity index (χ3v) is 9.36. The molecule has 0 saturated carbocycles. The number of carbonyl (C=O) groups is 1. The minimum atomic E-state index is -1.23. The van der Waals surface area contributed by atoms with E-state index in [1.54, 1.807) is 0 Å². The number of hydrogen-bond acceptors (Lipinski definition) is 7. The third kappa shape index (κ3) is 5.29. The highest BCUT2D eigenvalue weighted by Gasteiger charge is 2.67. The van der Waals surface area contributed by atoms with Gasteiger partial charge < -0.3 is 4.74 Å². The van der Waals surface area contributed by atoms with E-state index >= 15 is 0 Å². The van der Waals surface area contributed by atoms with E-state index in [0.717, 1.165) is 38.1 Å². The highest BCUT2D eigenvalue weighted by Crippen LogP contribution is 2.56. The van der Waals surface area contributed by atoms with Crippen LogP contribution in [0, 0.1) is 5.92 Å². The molecular formula is C39H32N4O2S. The summed E-state index contributed by atoms with van der Waals surface area (Å²) < 4.78 is 5.66. The molecule has 0 amide bonds. The van der Waals surface area contributed by atoms with E-state index < -0.39 is 11.6 Å². The summed E-state index contributed by atoms with van der Waals surface area (Å²) in [7, 11) is 1.45. The van der Waals surface area contributed by atoms with Crippen molar-refractivity contribution in [2.45, 2.75) is 12.1 Å². The van der Waals surface area contributed by atoms with Crippen molar-refractivity contribution in [3.63, 3.8) is 0 Å². The van der Waals surface area contributed by atoms with Gasteiger partial charge in [-0.3, -0.25) is 9.69 Å². The number of nitrogens with zero attached hydrogens (tertiary/aromatic N) is 4. The van der Waals surface area contributed by atoms with Crippen molar-refractivity contribution in [2.75, 3.05) is 17.0 Å². The van der Waals surface area contributed by atoms with E-state index in [1.807, 2.05) is 132 Å². The number of esters is 1. The average Bonchev–Trinajstić information content (AvgIpc) is 3.64. The largest absolute Gasteiger partial charge is 0.468 e. The first-order valence-corrected chi connectivity index (χ1v) is 16.0. The van der Waals surface area contributed by atoms with E-state index in [1.165, 1.54) is 18.9 Å². The lowest BCUT2D eigenvalue weighted by atomic mass is 9.88. The van der Waals surface area contributed by atoms with Crippen molar-refractivity contribution in [1.82, 2.24) is 0 Å². The number of aliphatic imine (C=N–C) groups is 1. The van der Waals surface area contributed by atoms with Gasteiger partial charge in [0.25, 0.3) is 0 Å². The van der Waals surface area contributed by atoms with Crippen molar-refractivity contribution in [2.24, 2.45) is 16.0 Å². The summed E-state index contributed by atoms with van der Waals surface area (Å²) >= 11 is 1.52. The second kappa shape index (κ2) is 12.9. The first-order chi connectivity index (χ1) is 22.7. The normalized spacial score (nSPS) is 20.8. The maximum absolute atomic E-state index is 14.4. The van der Waals surface area contributed by atoms with Crippen LogP contribution >= 0.6 is 11.8 Å². The monoisotopic (exact) mass is 620 g/mol. The molecular weight excluding hydrogens is 589 g/mol. The fourth-order valence-electron chi connectivity index (χ4n) is 6.09. The third-order valence-electron chi connectivity index (χ3n) is 8.14. The summed E-state index contributed by atoms with van der Waals surface area (Å²) in [6, 6.07) is 50.3. The number of hydrazone groups is 1. The molecule has 5 aromatic carbocycles. The van der Waals surface area contributed by atoms with Gasteiger partial charge in [-0.05, 0) is 48.4 Å². The molecule has 0 aromatic heterocycles. The van der Waals surface area contributed by atoms with Crippen LogP contribution in [-0.2, 0) is 16.0 Å². The maximum atomic E-state index is 14.4. The van der Waals surface area contributed by atoms with Crippen molar-refractivity contribution >= 4 is 45.7 Å². The number of carbonyl (C=O) groups excluding carboxylic acids is 1. The molecule has 0 aliphatic carbocycles. The predicted molar refractivity (Wildman–Crippen MR) is 188 cm³/mol. The van der Waals surface area contributed by atoms with E-state index in [9.17, 15) is 4.79 Å². The van der Waals surface area contributed by atoms with E-state index in [0.29, 0.717) is 12.3 Å². The number of hydrogen-bond donors (Lipinski definition) is 0. The van der Waals surface area contributed by atoms with Crippen molar-refractivity contribution in [3.8, 4) is 0 Å². The Bertz CT molecular complexity index is 1900. The van der Waals surface area contributed by atoms with Crippen LogP contribution in [0.25, 0.3) is 0 Å². The number of rotatable bonds is 7. The van der Waals surface area contributed by atoms with Gasteiger partial charge >= 0.3 is 5.97 Å². The quantitative estimate of drug-likeness (QED) is 0.171. The molecule has 226 valence electrons. The van der Waals surface area contributed by atoms with Gasteiger partial charge in [0, 0.05) is 16.2 Å². The van der Waals surface area contributed by atoms with Crippen molar-refractivity contribution in [1.29, 1.82) is 0 Å². The maximum Gasteiger partial charge on any atom is 0.318 e. The molecule has 7 rings (SSSR count). The van der Waals surface area contributed by atoms with Crippen LogP contribution in [-0.4, -0.2) is 29.6 Å². The summed E-state index contributed by atoms with van der Waals surface area (Å²) in [4.78, 5) is 22.7. The molecule has 7 heteroatoms. The number of methoxy groups -OCH3 is 1. The van der Waals surface area contributed by atoms with Crippen LogP contribution in [0.1, 0.15) is 11.1 Å². The molecule has 1 spiro atoms. The standard InChI is InChI=1S/C39H32N4O2S/c1-45-37(44)35-34(28-27-29-17-7-2-8-18-29)46-38(40-31-21-11-4-12-22-31)39(35)42(32-23-13-5-14-24-32)36(30-19-9-3-10-20-30)41-43(39)33-25-15-6-16-26-33/h2-26,28,35H,27H2,1H3/b34-28+,40-38?/t35-,39+/m0/s1. The van der Waals surface area contributed by atoms with E-state index in [2.05, 4.69) is 35.2 Å². The molecule has 1 saturated heterocycles. The zero-order chi connectivity index (χ0) is 31.3. The number of amidine groups is 1. The number of ether oxygens (including phenoxy) is 1. The molecule has 0 radical (unpaired) electrons. The van der Waals surface area contributed by atoms with E-state index in [4.69, 9.17) is 14.8 Å². The van der Waals surface area contributed by atoms with Gasteiger partial charge in [-0.15, -0.1) is 0 Å². The second-order valence-electron chi connectivity index (χ2n) is 10.9. The summed E-state index contributed by atoms with van der Waals surface area (Å²) in [5.74, 6) is -0.453.